The Morgan fingerprint density at radius 3 is 2.56 bits per heavy atom. The highest BCUT2D eigenvalue weighted by atomic mass is 35.5. The maximum atomic E-state index is 14.9. The predicted molar refractivity (Wildman–Crippen MR) is 139 cm³/mol. The third kappa shape index (κ3) is 5.53. The van der Waals surface area contributed by atoms with Gasteiger partial charge >= 0.3 is 0 Å². The lowest BCUT2D eigenvalue weighted by Crippen LogP contribution is -2.60. The molecule has 2 amide bonds. The van der Waals surface area contributed by atoms with Crippen LogP contribution in [0, 0.1) is 11.4 Å². The number of carbonyl (C=O) groups excluding carboxylic acids is 2. The van der Waals surface area contributed by atoms with E-state index < -0.39 is 11.9 Å². The number of anilines is 1. The highest BCUT2D eigenvalue weighted by Gasteiger charge is 2.33. The number of halogens is 2. The smallest absolute Gasteiger partial charge is 0.273 e. The summed E-state index contributed by atoms with van der Waals surface area (Å²) < 4.78 is 16.4. The molecule has 36 heavy (non-hydrogen) atoms. The zero-order chi connectivity index (χ0) is 26.9. The number of imidazole rings is 1. The van der Waals surface area contributed by atoms with Gasteiger partial charge < -0.3 is 25.8 Å². The molecule has 0 unspecified atom stereocenters. The monoisotopic (exact) mass is 517 g/mol. The molecule has 2 heterocycles. The Hall–Kier alpha value is -3.40. The summed E-state index contributed by atoms with van der Waals surface area (Å²) in [4.78, 5) is 30.0. The van der Waals surface area contributed by atoms with Crippen molar-refractivity contribution in [1.29, 1.82) is 5.41 Å². The number of rotatable bonds is 7. The van der Waals surface area contributed by atoms with Gasteiger partial charge in [0.05, 0.1) is 12.6 Å². The van der Waals surface area contributed by atoms with Gasteiger partial charge in [-0.2, -0.15) is 4.39 Å². The van der Waals surface area contributed by atoms with Gasteiger partial charge in [0.1, 0.15) is 11.7 Å². The molecular formula is C25H33ClFN7O2. The first-order valence-corrected chi connectivity index (χ1v) is 12.0. The zero-order valence-electron chi connectivity index (χ0n) is 21.2. The van der Waals surface area contributed by atoms with Crippen molar-refractivity contribution in [3.63, 3.8) is 0 Å². The molecule has 0 bridgehead atoms. The number of amidine groups is 1. The quantitative estimate of drug-likeness (QED) is 0.194. The van der Waals surface area contributed by atoms with Gasteiger partial charge in [-0.1, -0.05) is 39.0 Å². The van der Waals surface area contributed by atoms with Gasteiger partial charge in [0.15, 0.2) is 5.69 Å². The number of amides is 2. The van der Waals surface area contributed by atoms with E-state index in [0.717, 1.165) is 5.56 Å². The molecule has 5 N–H and O–H groups in total. The molecule has 9 nitrogen and oxygen atoms in total. The zero-order valence-corrected chi connectivity index (χ0v) is 22.0. The summed E-state index contributed by atoms with van der Waals surface area (Å²) in [5.74, 6) is -1.43. The van der Waals surface area contributed by atoms with E-state index in [-0.39, 0.29) is 47.3 Å². The lowest BCUT2D eigenvalue weighted by atomic mass is 9.85. The van der Waals surface area contributed by atoms with Crippen molar-refractivity contribution in [2.75, 3.05) is 18.8 Å². The topological polar surface area (TPSA) is 129 Å². The minimum atomic E-state index is -0.899. The summed E-state index contributed by atoms with van der Waals surface area (Å²) >= 11 is 6.36. The maximum absolute atomic E-state index is 14.9. The minimum Gasteiger partial charge on any atom is -0.398 e. The number of nitrogens with zero attached hydrogens (tertiary/aromatic N) is 3. The van der Waals surface area contributed by atoms with Gasteiger partial charge in [-0.15, -0.1) is 0 Å². The predicted octanol–water partition coefficient (Wildman–Crippen LogP) is 3.38. The highest BCUT2D eigenvalue weighted by molar-refractivity contribution is 6.32. The van der Waals surface area contributed by atoms with Crippen molar-refractivity contribution in [2.45, 2.75) is 58.7 Å². The Kier molecular flexibility index (Phi) is 7.78. The second kappa shape index (κ2) is 10.3. The van der Waals surface area contributed by atoms with Crippen molar-refractivity contribution in [2.24, 2.45) is 0 Å². The molecule has 0 spiro atoms. The Balaban J connectivity index is 1.77. The van der Waals surface area contributed by atoms with Gasteiger partial charge in [-0.3, -0.25) is 15.0 Å². The average molecular weight is 518 g/mol. The van der Waals surface area contributed by atoms with Crippen LogP contribution in [0.3, 0.4) is 0 Å². The average Bonchev–Trinajstić information content (AvgIpc) is 3.09. The first-order chi connectivity index (χ1) is 16.7. The summed E-state index contributed by atoms with van der Waals surface area (Å²) in [6.45, 7) is 13.8. The van der Waals surface area contributed by atoms with Crippen molar-refractivity contribution in [1.82, 2.24) is 25.1 Å². The summed E-state index contributed by atoms with van der Waals surface area (Å²) in [6, 6.07) is 2.84. The number of carbonyl (C=O) groups is 2. The van der Waals surface area contributed by atoms with Crippen LogP contribution in [0.15, 0.2) is 24.8 Å². The van der Waals surface area contributed by atoms with Crippen LogP contribution in [0.1, 0.15) is 68.1 Å². The van der Waals surface area contributed by atoms with Crippen LogP contribution in [0.4, 0.5) is 10.1 Å². The molecule has 194 valence electrons. The van der Waals surface area contributed by atoms with Crippen LogP contribution in [-0.2, 0) is 16.8 Å². The molecule has 1 saturated heterocycles. The minimum absolute atomic E-state index is 0.000820. The molecular weight excluding hydrogens is 485 g/mol. The lowest BCUT2D eigenvalue weighted by molar-refractivity contribution is -0.130. The Morgan fingerprint density at radius 2 is 2.00 bits per heavy atom. The summed E-state index contributed by atoms with van der Waals surface area (Å²) in [5.41, 5.74) is 7.33. The van der Waals surface area contributed by atoms with Gasteiger partial charge in [0.2, 0.25) is 11.9 Å². The van der Waals surface area contributed by atoms with Crippen molar-refractivity contribution in [3.8, 4) is 0 Å². The largest absolute Gasteiger partial charge is 0.398 e. The Bertz CT molecular complexity index is 1210. The van der Waals surface area contributed by atoms with E-state index in [9.17, 15) is 14.0 Å². The first kappa shape index (κ1) is 27.2. The van der Waals surface area contributed by atoms with Crippen molar-refractivity contribution >= 4 is 34.9 Å². The molecule has 11 heteroatoms. The number of benzene rings is 1. The van der Waals surface area contributed by atoms with E-state index in [2.05, 4.69) is 22.2 Å². The lowest BCUT2D eigenvalue weighted by Gasteiger charge is -2.38. The number of hydrogen-bond acceptors (Lipinski definition) is 5. The number of nitrogens with one attached hydrogen (secondary N) is 3. The number of likely N-dealkylation sites (tertiary alicyclic amines) is 1. The van der Waals surface area contributed by atoms with Gasteiger partial charge in [-0.05, 0) is 43.0 Å². The van der Waals surface area contributed by atoms with Crippen molar-refractivity contribution in [3.05, 3.63) is 58.4 Å². The molecule has 0 saturated carbocycles. The standard InChI is InChI=1S/C25H33ClFN7O2/c1-7-20(35)33-11-14(12-33)31-24(36)21-22(27)32-19(34(21)13(2)3)10-30-23(29)15-8-16(25(4,5)6)17(26)9-18(15)28/h7-9,13-14H,1,10-12,28H2,2-6H3,(H2,29,30)(H,31,36). The first-order valence-electron chi connectivity index (χ1n) is 11.7. The fraction of sp³-hybridized carbons (Fsp3) is 0.440. The Morgan fingerprint density at radius 1 is 1.36 bits per heavy atom. The van der Waals surface area contributed by atoms with Crippen LogP contribution in [0.25, 0.3) is 0 Å². The van der Waals surface area contributed by atoms with E-state index >= 15 is 0 Å². The molecule has 1 aromatic heterocycles. The molecule has 0 radical (unpaired) electrons. The molecule has 1 aromatic carbocycles. The van der Waals surface area contributed by atoms with E-state index in [1.165, 1.54) is 15.5 Å². The van der Waals surface area contributed by atoms with Gasteiger partial charge in [0.25, 0.3) is 5.91 Å². The molecule has 1 aliphatic rings. The van der Waals surface area contributed by atoms with E-state index in [0.29, 0.717) is 29.4 Å². The molecule has 2 aromatic rings. The van der Waals surface area contributed by atoms with Crippen LogP contribution in [0.5, 0.6) is 0 Å². The molecule has 0 aliphatic carbocycles. The second-order valence-electron chi connectivity index (χ2n) is 10.1. The SMILES string of the molecule is C=CC(=O)N1CC(NC(=O)c2c(F)nc(CNC(=N)c3cc(C(C)(C)C)c(Cl)cc3N)n2C(C)C)C1. The van der Waals surface area contributed by atoms with Crippen LogP contribution in [-0.4, -0.2) is 51.2 Å². The fourth-order valence-corrected chi connectivity index (χ4v) is 4.56. The maximum Gasteiger partial charge on any atom is 0.273 e. The fourth-order valence-electron chi connectivity index (χ4n) is 4.11. The van der Waals surface area contributed by atoms with E-state index in [4.69, 9.17) is 22.7 Å². The third-order valence-corrected chi connectivity index (χ3v) is 6.33. The molecule has 3 rings (SSSR count). The van der Waals surface area contributed by atoms with Crippen LogP contribution in [0.2, 0.25) is 5.02 Å². The van der Waals surface area contributed by atoms with Crippen LogP contribution < -0.4 is 16.4 Å². The van der Waals surface area contributed by atoms with Gasteiger partial charge in [-0.25, -0.2) is 4.98 Å². The Labute approximate surface area is 215 Å². The van der Waals surface area contributed by atoms with Crippen LogP contribution >= 0.6 is 11.6 Å². The van der Waals surface area contributed by atoms with Crippen molar-refractivity contribution < 1.29 is 14.0 Å². The number of nitrogen functional groups attached to an aromatic ring is 1. The molecule has 1 fully saturated rings. The summed E-state index contributed by atoms with van der Waals surface area (Å²) in [6.07, 6.45) is 1.21. The number of nitrogens with two attached hydrogens (primary N) is 1. The normalized spacial score (nSPS) is 13.9. The van der Waals surface area contributed by atoms with Gasteiger partial charge in [0, 0.05) is 35.4 Å². The van der Waals surface area contributed by atoms with E-state index in [1.54, 1.807) is 12.1 Å². The number of aromatic nitrogens is 2. The second-order valence-corrected chi connectivity index (χ2v) is 10.6. The number of hydrogen-bond donors (Lipinski definition) is 4. The summed E-state index contributed by atoms with van der Waals surface area (Å²) in [7, 11) is 0. The summed E-state index contributed by atoms with van der Waals surface area (Å²) in [5, 5.41) is 14.7. The highest BCUT2D eigenvalue weighted by Crippen LogP contribution is 2.33. The molecule has 1 aliphatic heterocycles. The third-order valence-electron chi connectivity index (χ3n) is 6.02. The molecule has 0 atom stereocenters. The van der Waals surface area contributed by atoms with E-state index in [1.807, 2.05) is 34.6 Å².